The van der Waals surface area contributed by atoms with Crippen LogP contribution in [0.4, 0.5) is 0 Å². The molecule has 0 bridgehead atoms. The number of carbonyl (C=O) groups is 1. The van der Waals surface area contributed by atoms with E-state index in [4.69, 9.17) is 0 Å². The van der Waals surface area contributed by atoms with Gasteiger partial charge in [0.2, 0.25) is 0 Å². The van der Waals surface area contributed by atoms with Crippen LogP contribution in [-0.4, -0.2) is 22.3 Å². The zero-order chi connectivity index (χ0) is 14.5. The molecule has 0 N–H and O–H groups in total. The average molecular weight is 351 g/mol. The Bertz CT molecular complexity index is 604. The van der Waals surface area contributed by atoms with Gasteiger partial charge in [-0.2, -0.15) is 0 Å². The van der Waals surface area contributed by atoms with E-state index in [9.17, 15) is 4.79 Å². The van der Waals surface area contributed by atoms with Gasteiger partial charge in [-0.25, -0.2) is 0 Å². The van der Waals surface area contributed by atoms with Crippen molar-refractivity contribution in [2.24, 2.45) is 0 Å². The fourth-order valence-electron chi connectivity index (χ4n) is 1.88. The Labute approximate surface area is 132 Å². The molecule has 0 atom stereocenters. The minimum absolute atomic E-state index is 0.00733. The van der Waals surface area contributed by atoms with Crippen LogP contribution in [0.3, 0.4) is 0 Å². The summed E-state index contributed by atoms with van der Waals surface area (Å²) >= 11 is 7.72. The van der Waals surface area contributed by atoms with Gasteiger partial charge in [-0.15, -0.1) is 12.6 Å². The summed E-state index contributed by atoms with van der Waals surface area (Å²) in [6.45, 7) is 3.18. The van der Waals surface area contributed by atoms with E-state index in [1.807, 2.05) is 31.2 Å². The lowest BCUT2D eigenvalue weighted by Crippen LogP contribution is -2.30. The van der Waals surface area contributed by atoms with E-state index >= 15 is 0 Å². The summed E-state index contributed by atoms with van der Waals surface area (Å²) in [6.07, 6.45) is 3.47. The van der Waals surface area contributed by atoms with E-state index in [1.54, 1.807) is 23.4 Å². The number of nitrogens with zero attached hydrogens (tertiary/aromatic N) is 2. The van der Waals surface area contributed by atoms with Gasteiger partial charge in [-0.3, -0.25) is 9.78 Å². The molecule has 5 heteroatoms. The van der Waals surface area contributed by atoms with Gasteiger partial charge in [0.15, 0.2) is 0 Å². The van der Waals surface area contributed by atoms with Crippen LogP contribution in [0, 0.1) is 0 Å². The lowest BCUT2D eigenvalue weighted by Gasteiger charge is -2.21. The molecule has 0 spiro atoms. The summed E-state index contributed by atoms with van der Waals surface area (Å²) in [5, 5.41) is 0. The summed E-state index contributed by atoms with van der Waals surface area (Å²) in [5.74, 6) is -0.00733. The van der Waals surface area contributed by atoms with Crippen LogP contribution < -0.4 is 0 Å². The second-order valence-corrected chi connectivity index (χ2v) is 5.71. The lowest BCUT2D eigenvalue weighted by molar-refractivity contribution is 0.0751. The molecular weight excluding hydrogens is 336 g/mol. The molecule has 1 aromatic heterocycles. The highest BCUT2D eigenvalue weighted by Crippen LogP contribution is 2.22. The predicted molar refractivity (Wildman–Crippen MR) is 86.0 cm³/mol. The van der Waals surface area contributed by atoms with Crippen molar-refractivity contribution in [1.82, 2.24) is 9.88 Å². The standard InChI is InChI=1S/C15H15BrN2OS/c1-2-18(10-11-5-7-17-8-6-11)15(19)13-9-12(20)3-4-14(13)16/h3-9,20H,2,10H2,1H3. The molecule has 0 aliphatic carbocycles. The first-order valence-corrected chi connectivity index (χ1v) is 7.52. The zero-order valence-corrected chi connectivity index (χ0v) is 13.6. The molecule has 1 amide bonds. The molecule has 2 aromatic rings. The summed E-state index contributed by atoms with van der Waals surface area (Å²) in [4.78, 5) is 19.2. The van der Waals surface area contributed by atoms with Gasteiger partial charge in [0.25, 0.3) is 5.91 Å². The van der Waals surface area contributed by atoms with Gasteiger partial charge in [-0.05, 0) is 58.7 Å². The second kappa shape index (κ2) is 6.90. The summed E-state index contributed by atoms with van der Waals surface area (Å²) in [5.41, 5.74) is 1.70. The van der Waals surface area contributed by atoms with Crippen LogP contribution in [-0.2, 0) is 6.54 Å². The van der Waals surface area contributed by atoms with Crippen molar-refractivity contribution in [2.45, 2.75) is 18.4 Å². The Morgan fingerprint density at radius 3 is 2.65 bits per heavy atom. The second-order valence-electron chi connectivity index (χ2n) is 4.34. The molecular formula is C15H15BrN2OS. The molecule has 104 valence electrons. The van der Waals surface area contributed by atoms with Crippen molar-refractivity contribution >= 4 is 34.5 Å². The van der Waals surface area contributed by atoms with E-state index in [-0.39, 0.29) is 5.91 Å². The monoisotopic (exact) mass is 350 g/mol. The number of hydrogen-bond donors (Lipinski definition) is 1. The van der Waals surface area contributed by atoms with Gasteiger partial charge in [0.1, 0.15) is 0 Å². The van der Waals surface area contributed by atoms with E-state index in [1.165, 1.54) is 0 Å². The number of carbonyl (C=O) groups excluding carboxylic acids is 1. The number of pyridine rings is 1. The third-order valence-corrected chi connectivity index (χ3v) is 3.94. The van der Waals surface area contributed by atoms with Crippen LogP contribution in [0.5, 0.6) is 0 Å². The predicted octanol–water partition coefficient (Wildman–Crippen LogP) is 3.80. The number of thiol groups is 1. The average Bonchev–Trinajstić information content (AvgIpc) is 2.47. The number of benzene rings is 1. The van der Waals surface area contributed by atoms with Crippen molar-refractivity contribution in [3.63, 3.8) is 0 Å². The van der Waals surface area contributed by atoms with Gasteiger partial charge >= 0.3 is 0 Å². The van der Waals surface area contributed by atoms with Crippen LogP contribution in [0.1, 0.15) is 22.8 Å². The molecule has 0 aliphatic heterocycles. The fraction of sp³-hybridized carbons (Fsp3) is 0.200. The molecule has 0 saturated heterocycles. The molecule has 2 rings (SSSR count). The molecule has 0 unspecified atom stereocenters. The van der Waals surface area contributed by atoms with E-state index in [2.05, 4.69) is 33.5 Å². The Morgan fingerprint density at radius 1 is 1.30 bits per heavy atom. The van der Waals surface area contributed by atoms with Crippen molar-refractivity contribution in [2.75, 3.05) is 6.54 Å². The maximum atomic E-state index is 12.6. The molecule has 0 fully saturated rings. The third-order valence-electron chi connectivity index (χ3n) is 2.97. The van der Waals surface area contributed by atoms with Crippen LogP contribution in [0.25, 0.3) is 0 Å². The highest BCUT2D eigenvalue weighted by molar-refractivity contribution is 9.10. The first kappa shape index (κ1) is 15.1. The van der Waals surface area contributed by atoms with Gasteiger partial charge < -0.3 is 4.90 Å². The van der Waals surface area contributed by atoms with Crippen molar-refractivity contribution in [1.29, 1.82) is 0 Å². The molecule has 0 radical (unpaired) electrons. The number of aromatic nitrogens is 1. The highest BCUT2D eigenvalue weighted by Gasteiger charge is 2.17. The number of amides is 1. The minimum Gasteiger partial charge on any atom is -0.335 e. The molecule has 0 saturated carbocycles. The molecule has 20 heavy (non-hydrogen) atoms. The van der Waals surface area contributed by atoms with Crippen LogP contribution in [0.2, 0.25) is 0 Å². The Hall–Kier alpha value is -1.33. The first-order valence-electron chi connectivity index (χ1n) is 6.28. The Balaban J connectivity index is 2.23. The van der Waals surface area contributed by atoms with E-state index < -0.39 is 0 Å². The topological polar surface area (TPSA) is 33.2 Å². The lowest BCUT2D eigenvalue weighted by atomic mass is 10.1. The van der Waals surface area contributed by atoms with Crippen LogP contribution >= 0.6 is 28.6 Å². The summed E-state index contributed by atoms with van der Waals surface area (Å²) in [7, 11) is 0. The van der Waals surface area contributed by atoms with Crippen LogP contribution in [0.15, 0.2) is 52.1 Å². The van der Waals surface area contributed by atoms with Crippen molar-refractivity contribution < 1.29 is 4.79 Å². The number of halogens is 1. The normalized spacial score (nSPS) is 10.3. The maximum Gasteiger partial charge on any atom is 0.255 e. The fourth-order valence-corrected chi connectivity index (χ4v) is 2.50. The maximum absolute atomic E-state index is 12.6. The molecule has 1 heterocycles. The Kier molecular flexibility index (Phi) is 5.20. The highest BCUT2D eigenvalue weighted by atomic mass is 79.9. The van der Waals surface area contributed by atoms with Gasteiger partial charge in [0.05, 0.1) is 5.56 Å². The molecule has 0 aliphatic rings. The third kappa shape index (κ3) is 3.61. The Morgan fingerprint density at radius 2 is 2.00 bits per heavy atom. The quantitative estimate of drug-likeness (QED) is 0.850. The van der Waals surface area contributed by atoms with E-state index in [0.29, 0.717) is 18.7 Å². The zero-order valence-electron chi connectivity index (χ0n) is 11.1. The number of rotatable bonds is 4. The van der Waals surface area contributed by atoms with E-state index in [0.717, 1.165) is 14.9 Å². The van der Waals surface area contributed by atoms with Crippen molar-refractivity contribution in [3.05, 3.63) is 58.3 Å². The SMILES string of the molecule is CCN(Cc1ccncc1)C(=O)c1cc(S)ccc1Br. The summed E-state index contributed by atoms with van der Waals surface area (Å²) < 4.78 is 0.786. The molecule has 1 aromatic carbocycles. The van der Waals surface area contributed by atoms with Gasteiger partial charge in [0, 0.05) is 34.9 Å². The smallest absolute Gasteiger partial charge is 0.255 e. The van der Waals surface area contributed by atoms with Gasteiger partial charge in [-0.1, -0.05) is 0 Å². The summed E-state index contributed by atoms with van der Waals surface area (Å²) in [6, 6.07) is 9.31. The largest absolute Gasteiger partial charge is 0.335 e. The minimum atomic E-state index is -0.00733. The number of hydrogen-bond acceptors (Lipinski definition) is 3. The van der Waals surface area contributed by atoms with Crippen molar-refractivity contribution in [3.8, 4) is 0 Å². The molecule has 3 nitrogen and oxygen atoms in total. The first-order chi connectivity index (χ1) is 9.61.